The van der Waals surface area contributed by atoms with E-state index in [1.165, 1.54) is 6.20 Å². The molecule has 1 saturated heterocycles. The van der Waals surface area contributed by atoms with E-state index in [0.29, 0.717) is 41.7 Å². The maximum absolute atomic E-state index is 12.5. The smallest absolute Gasteiger partial charge is 0.308 e. The lowest BCUT2D eigenvalue weighted by Crippen LogP contribution is -2.42. The van der Waals surface area contributed by atoms with Crippen molar-refractivity contribution in [1.82, 2.24) is 15.0 Å². The van der Waals surface area contributed by atoms with Gasteiger partial charge in [0.2, 0.25) is 0 Å². The zero-order chi connectivity index (χ0) is 15.0. The summed E-state index contributed by atoms with van der Waals surface area (Å²) in [5, 5.41) is 13.6. The standard InChI is InChI=1S/C14H15N3O4/c1-8-11-5-10(6-15-12(11)21-16-8)13(18)17-4-2-3-9(7-17)14(19)20/h5-6,9H,2-4,7H2,1H3,(H,19,20)/t9-/m0/s1. The van der Waals surface area contributed by atoms with Crippen molar-refractivity contribution in [3.05, 3.63) is 23.5 Å². The molecule has 2 aromatic heterocycles. The molecule has 2 aromatic rings. The van der Waals surface area contributed by atoms with E-state index in [-0.39, 0.29) is 12.5 Å². The lowest BCUT2D eigenvalue weighted by Gasteiger charge is -2.30. The Bertz CT molecular complexity index is 709. The topological polar surface area (TPSA) is 96.5 Å². The number of hydrogen-bond donors (Lipinski definition) is 1. The second-order valence-corrected chi connectivity index (χ2v) is 5.27. The van der Waals surface area contributed by atoms with Gasteiger partial charge in [0.25, 0.3) is 11.6 Å². The van der Waals surface area contributed by atoms with Crippen LogP contribution < -0.4 is 0 Å². The molecule has 1 N–H and O–H groups in total. The maximum Gasteiger partial charge on any atom is 0.308 e. The summed E-state index contributed by atoms with van der Waals surface area (Å²) >= 11 is 0. The van der Waals surface area contributed by atoms with Gasteiger partial charge in [0.1, 0.15) is 0 Å². The van der Waals surface area contributed by atoms with Crippen LogP contribution >= 0.6 is 0 Å². The number of hydrogen-bond acceptors (Lipinski definition) is 5. The number of carbonyl (C=O) groups is 2. The monoisotopic (exact) mass is 289 g/mol. The Balaban J connectivity index is 1.85. The molecule has 0 saturated carbocycles. The number of likely N-dealkylation sites (tertiary alicyclic amines) is 1. The maximum atomic E-state index is 12.5. The third kappa shape index (κ3) is 2.46. The van der Waals surface area contributed by atoms with Crippen molar-refractivity contribution in [1.29, 1.82) is 0 Å². The predicted octanol–water partition coefficient (Wildman–Crippen LogP) is 1.47. The van der Waals surface area contributed by atoms with E-state index in [2.05, 4.69) is 10.1 Å². The Labute approximate surface area is 120 Å². The van der Waals surface area contributed by atoms with Crippen LogP contribution in [0.2, 0.25) is 0 Å². The van der Waals surface area contributed by atoms with Crippen LogP contribution in [0, 0.1) is 12.8 Å². The molecule has 0 aromatic carbocycles. The van der Waals surface area contributed by atoms with Gasteiger partial charge in [0, 0.05) is 19.3 Å². The number of rotatable bonds is 2. The van der Waals surface area contributed by atoms with Crippen molar-refractivity contribution in [2.75, 3.05) is 13.1 Å². The van der Waals surface area contributed by atoms with E-state index in [0.717, 1.165) is 0 Å². The lowest BCUT2D eigenvalue weighted by atomic mass is 9.98. The summed E-state index contributed by atoms with van der Waals surface area (Å²) < 4.78 is 5.01. The number of amides is 1. The number of fused-ring (bicyclic) bond motifs is 1. The number of pyridine rings is 1. The molecule has 0 unspecified atom stereocenters. The number of aromatic nitrogens is 2. The molecule has 1 aliphatic rings. The molecule has 1 aliphatic heterocycles. The molecule has 110 valence electrons. The Morgan fingerprint density at radius 3 is 3.05 bits per heavy atom. The minimum Gasteiger partial charge on any atom is -0.481 e. The summed E-state index contributed by atoms with van der Waals surface area (Å²) in [5.74, 6) is -1.54. The number of piperidine rings is 1. The Kier molecular flexibility index (Phi) is 3.32. The van der Waals surface area contributed by atoms with Crippen molar-refractivity contribution in [3.8, 4) is 0 Å². The number of carboxylic acids is 1. The zero-order valence-electron chi connectivity index (χ0n) is 11.6. The fourth-order valence-corrected chi connectivity index (χ4v) is 2.61. The average Bonchev–Trinajstić information content (AvgIpc) is 2.87. The largest absolute Gasteiger partial charge is 0.481 e. The SMILES string of the molecule is Cc1noc2ncc(C(=O)N3CCC[C@H](C(=O)O)C3)cc12. The molecule has 21 heavy (non-hydrogen) atoms. The van der Waals surface area contributed by atoms with Gasteiger partial charge in [0.15, 0.2) is 0 Å². The summed E-state index contributed by atoms with van der Waals surface area (Å²) in [7, 11) is 0. The molecular formula is C14H15N3O4. The highest BCUT2D eigenvalue weighted by Crippen LogP contribution is 2.21. The van der Waals surface area contributed by atoms with Crippen LogP contribution in [0.3, 0.4) is 0 Å². The van der Waals surface area contributed by atoms with Crippen molar-refractivity contribution < 1.29 is 19.2 Å². The van der Waals surface area contributed by atoms with Crippen molar-refractivity contribution in [3.63, 3.8) is 0 Å². The number of carbonyl (C=O) groups excluding carboxylic acids is 1. The van der Waals surface area contributed by atoms with Crippen LogP contribution in [0.1, 0.15) is 28.9 Å². The molecule has 0 radical (unpaired) electrons. The number of aliphatic carboxylic acids is 1. The quantitative estimate of drug-likeness (QED) is 0.899. The van der Waals surface area contributed by atoms with E-state index >= 15 is 0 Å². The van der Waals surface area contributed by atoms with E-state index in [1.54, 1.807) is 17.9 Å². The molecule has 7 nitrogen and oxygen atoms in total. The molecule has 3 heterocycles. The van der Waals surface area contributed by atoms with Gasteiger partial charge in [-0.1, -0.05) is 5.16 Å². The first-order valence-electron chi connectivity index (χ1n) is 6.80. The molecular weight excluding hydrogens is 274 g/mol. The first kappa shape index (κ1) is 13.5. The average molecular weight is 289 g/mol. The minimum atomic E-state index is -0.851. The Morgan fingerprint density at radius 2 is 2.29 bits per heavy atom. The first-order valence-corrected chi connectivity index (χ1v) is 6.80. The highest BCUT2D eigenvalue weighted by Gasteiger charge is 2.29. The van der Waals surface area contributed by atoms with Crippen LogP contribution in [0.25, 0.3) is 11.1 Å². The molecule has 1 fully saturated rings. The summed E-state index contributed by atoms with van der Waals surface area (Å²) in [6, 6.07) is 1.70. The van der Waals surface area contributed by atoms with Gasteiger partial charge in [-0.05, 0) is 25.8 Å². The number of carboxylic acid groups (broad SMARTS) is 1. The van der Waals surface area contributed by atoms with Crippen molar-refractivity contribution >= 4 is 23.0 Å². The van der Waals surface area contributed by atoms with Gasteiger partial charge in [0.05, 0.1) is 22.6 Å². The molecule has 0 bridgehead atoms. The van der Waals surface area contributed by atoms with E-state index in [4.69, 9.17) is 9.63 Å². The van der Waals surface area contributed by atoms with Gasteiger partial charge in [-0.25, -0.2) is 4.98 Å². The van der Waals surface area contributed by atoms with Crippen LogP contribution in [-0.2, 0) is 4.79 Å². The van der Waals surface area contributed by atoms with Crippen LogP contribution in [0.15, 0.2) is 16.8 Å². The molecule has 0 spiro atoms. The highest BCUT2D eigenvalue weighted by atomic mass is 16.5. The molecule has 7 heteroatoms. The Morgan fingerprint density at radius 1 is 1.48 bits per heavy atom. The second kappa shape index (κ2) is 5.16. The summed E-state index contributed by atoms with van der Waals surface area (Å²) in [6.45, 7) is 2.60. The summed E-state index contributed by atoms with van der Waals surface area (Å²) in [6.07, 6.45) is 2.76. The molecule has 0 aliphatic carbocycles. The van der Waals surface area contributed by atoms with Gasteiger partial charge in [-0.2, -0.15) is 0 Å². The zero-order valence-corrected chi connectivity index (χ0v) is 11.6. The normalized spacial score (nSPS) is 18.9. The predicted molar refractivity (Wildman–Crippen MR) is 72.8 cm³/mol. The fourth-order valence-electron chi connectivity index (χ4n) is 2.61. The lowest BCUT2D eigenvalue weighted by molar-refractivity contribution is -0.143. The summed E-state index contributed by atoms with van der Waals surface area (Å²) in [5.41, 5.74) is 1.50. The van der Waals surface area contributed by atoms with Crippen LogP contribution in [-0.4, -0.2) is 45.1 Å². The van der Waals surface area contributed by atoms with Gasteiger partial charge < -0.3 is 14.5 Å². The van der Waals surface area contributed by atoms with Gasteiger partial charge in [-0.3, -0.25) is 9.59 Å². The van der Waals surface area contributed by atoms with E-state index in [9.17, 15) is 9.59 Å². The third-order valence-corrected chi connectivity index (χ3v) is 3.81. The molecule has 1 atom stereocenters. The minimum absolute atomic E-state index is 0.198. The third-order valence-electron chi connectivity index (χ3n) is 3.81. The van der Waals surface area contributed by atoms with Crippen LogP contribution in [0.5, 0.6) is 0 Å². The number of aryl methyl sites for hydroxylation is 1. The van der Waals surface area contributed by atoms with Gasteiger partial charge in [-0.15, -0.1) is 0 Å². The van der Waals surface area contributed by atoms with E-state index < -0.39 is 11.9 Å². The van der Waals surface area contributed by atoms with Gasteiger partial charge >= 0.3 is 5.97 Å². The van der Waals surface area contributed by atoms with Crippen molar-refractivity contribution in [2.24, 2.45) is 5.92 Å². The van der Waals surface area contributed by atoms with Crippen molar-refractivity contribution in [2.45, 2.75) is 19.8 Å². The highest BCUT2D eigenvalue weighted by molar-refractivity contribution is 5.97. The molecule has 3 rings (SSSR count). The Hall–Kier alpha value is -2.44. The second-order valence-electron chi connectivity index (χ2n) is 5.27. The summed E-state index contributed by atoms with van der Waals surface area (Å²) in [4.78, 5) is 29.2. The van der Waals surface area contributed by atoms with E-state index in [1.807, 2.05) is 0 Å². The fraction of sp³-hybridized carbons (Fsp3) is 0.429. The van der Waals surface area contributed by atoms with Crippen LogP contribution in [0.4, 0.5) is 0 Å². The first-order chi connectivity index (χ1) is 10.1. The molecule has 1 amide bonds. The number of nitrogens with zero attached hydrogens (tertiary/aromatic N) is 3.